The number of Topliss-reactive ketones (excluding diaryl/α,β-unsaturated/α-hetero) is 2. The van der Waals surface area contributed by atoms with Gasteiger partial charge in [0.2, 0.25) is 11.4 Å². The monoisotopic (exact) mass is 431 g/mol. The number of aliphatic hydroxyl groups is 4. The molecule has 0 bridgehead atoms. The van der Waals surface area contributed by atoms with Gasteiger partial charge in [-0.15, -0.1) is 0 Å². The van der Waals surface area contributed by atoms with E-state index in [1.165, 1.54) is 13.2 Å². The van der Waals surface area contributed by atoms with Gasteiger partial charge in [-0.2, -0.15) is 0 Å². The summed E-state index contributed by atoms with van der Waals surface area (Å²) in [6.45, 7) is 0. The van der Waals surface area contributed by atoms with Crippen LogP contribution < -0.4 is 10.5 Å². The molecule has 2 aromatic rings. The van der Waals surface area contributed by atoms with Crippen LogP contribution in [0.25, 0.3) is 10.8 Å². The summed E-state index contributed by atoms with van der Waals surface area (Å²) >= 11 is 0. The third-order valence-corrected chi connectivity index (χ3v) is 5.89. The minimum atomic E-state index is -3.37. The molecule has 31 heavy (non-hydrogen) atoms. The molecule has 2 aliphatic carbocycles. The van der Waals surface area contributed by atoms with E-state index in [0.29, 0.717) is 0 Å². The number of ether oxygens (including phenoxy) is 1. The van der Waals surface area contributed by atoms with Gasteiger partial charge in [-0.05, 0) is 23.1 Å². The molecule has 0 aromatic heterocycles. The average molecular weight is 431 g/mol. The lowest BCUT2D eigenvalue weighted by Crippen LogP contribution is -2.69. The fourth-order valence-corrected chi connectivity index (χ4v) is 4.34. The number of phenolic OH excluding ortho intramolecular Hbond substituents is 2. The fourth-order valence-electron chi connectivity index (χ4n) is 4.34. The third-order valence-electron chi connectivity index (χ3n) is 5.89. The number of hydrogen-bond donors (Lipinski definition) is 7. The van der Waals surface area contributed by atoms with Crippen LogP contribution >= 0.6 is 0 Å². The fraction of sp³-hybridized carbons (Fsp3) is 0.250. The lowest BCUT2D eigenvalue weighted by molar-refractivity contribution is -0.193. The summed E-state index contributed by atoms with van der Waals surface area (Å²) in [6.07, 6.45) is -3.30. The highest BCUT2D eigenvalue weighted by atomic mass is 16.5. The molecule has 8 N–H and O–H groups in total. The molecule has 0 unspecified atom stereocenters. The van der Waals surface area contributed by atoms with Gasteiger partial charge < -0.3 is 41.1 Å². The predicted octanol–water partition coefficient (Wildman–Crippen LogP) is -0.778. The molecule has 0 aliphatic heterocycles. The molecule has 1 amide bonds. The maximum atomic E-state index is 13.3. The zero-order chi connectivity index (χ0) is 23.0. The van der Waals surface area contributed by atoms with Gasteiger partial charge in [-0.25, -0.2) is 0 Å². The normalized spacial score (nSPS) is 27.8. The molecule has 11 heteroatoms. The van der Waals surface area contributed by atoms with Crippen molar-refractivity contribution in [1.82, 2.24) is 0 Å². The van der Waals surface area contributed by atoms with E-state index < -0.39 is 69.6 Å². The number of aromatic hydroxyl groups is 2. The maximum absolute atomic E-state index is 13.3. The van der Waals surface area contributed by atoms with Crippen molar-refractivity contribution in [3.63, 3.8) is 0 Å². The number of carbonyl (C=O) groups excluding carboxylic acids is 3. The Labute approximate surface area is 173 Å². The number of benzene rings is 2. The second-order valence-corrected chi connectivity index (χ2v) is 7.49. The van der Waals surface area contributed by atoms with Crippen molar-refractivity contribution in [3.05, 3.63) is 40.7 Å². The zero-order valence-corrected chi connectivity index (χ0v) is 15.9. The quantitative estimate of drug-likeness (QED) is 0.295. The third kappa shape index (κ3) is 2.30. The van der Waals surface area contributed by atoms with Crippen molar-refractivity contribution in [2.45, 2.75) is 23.7 Å². The highest BCUT2D eigenvalue weighted by molar-refractivity contribution is 6.24. The van der Waals surface area contributed by atoms with E-state index in [1.807, 2.05) is 0 Å². The number of amides is 1. The Morgan fingerprint density at radius 2 is 1.81 bits per heavy atom. The molecule has 2 aliphatic rings. The van der Waals surface area contributed by atoms with Gasteiger partial charge in [0, 0.05) is 12.5 Å². The summed E-state index contributed by atoms with van der Waals surface area (Å²) in [5, 5.41) is 64.3. The highest BCUT2D eigenvalue weighted by Crippen LogP contribution is 2.55. The number of rotatable bonds is 2. The smallest absolute Gasteiger partial charge is 0.255 e. The standard InChI is InChI=1S/C20H17NO10/c1-31-7-2-6-3-8-12(14(24)11(6)9(22)4-7)16(26)20(30)17(27)13(18(21)28)10(23)5-19(20,29)15(8)25/h2-4,15,22,24-25,27,29-30H,5H2,1H3,(H2,21,28)/t15-,19-,20-/m0/s1. The lowest BCUT2D eigenvalue weighted by atomic mass is 9.60. The first kappa shape index (κ1) is 20.6. The Balaban J connectivity index is 2.11. The topological polar surface area (TPSA) is 208 Å². The van der Waals surface area contributed by atoms with Gasteiger partial charge in [-0.1, -0.05) is 0 Å². The van der Waals surface area contributed by atoms with Crippen molar-refractivity contribution >= 4 is 28.2 Å². The van der Waals surface area contributed by atoms with Gasteiger partial charge >= 0.3 is 0 Å². The van der Waals surface area contributed by atoms with Crippen molar-refractivity contribution in [1.29, 1.82) is 0 Å². The number of fused-ring (bicyclic) bond motifs is 3. The molecule has 4 rings (SSSR count). The summed E-state index contributed by atoms with van der Waals surface area (Å²) in [6, 6.07) is 3.67. The largest absolute Gasteiger partial charge is 0.508 e. The van der Waals surface area contributed by atoms with Gasteiger partial charge in [0.1, 0.15) is 34.5 Å². The van der Waals surface area contributed by atoms with Crippen LogP contribution in [0.3, 0.4) is 0 Å². The van der Waals surface area contributed by atoms with E-state index in [-0.39, 0.29) is 22.1 Å². The molecule has 2 aromatic carbocycles. The van der Waals surface area contributed by atoms with Crippen LogP contribution in [0, 0.1) is 0 Å². The van der Waals surface area contributed by atoms with Crippen LogP contribution in [0.1, 0.15) is 28.4 Å². The first-order valence-electron chi connectivity index (χ1n) is 8.91. The van der Waals surface area contributed by atoms with E-state index in [2.05, 4.69) is 0 Å². The predicted molar refractivity (Wildman–Crippen MR) is 101 cm³/mol. The Morgan fingerprint density at radius 1 is 1.16 bits per heavy atom. The molecule has 0 radical (unpaired) electrons. The zero-order valence-electron chi connectivity index (χ0n) is 15.9. The van der Waals surface area contributed by atoms with E-state index in [9.17, 15) is 45.0 Å². The number of hydrogen-bond acceptors (Lipinski definition) is 10. The number of methoxy groups -OCH3 is 1. The summed E-state index contributed by atoms with van der Waals surface area (Å²) < 4.78 is 5.03. The second kappa shape index (κ2) is 6.17. The molecule has 0 spiro atoms. The number of carbonyl (C=O) groups is 3. The Bertz CT molecular complexity index is 1250. The van der Waals surface area contributed by atoms with Crippen molar-refractivity contribution in [2.24, 2.45) is 5.73 Å². The van der Waals surface area contributed by atoms with E-state index in [1.54, 1.807) is 0 Å². The highest BCUT2D eigenvalue weighted by Gasteiger charge is 2.70. The molecule has 3 atom stereocenters. The van der Waals surface area contributed by atoms with Gasteiger partial charge in [0.25, 0.3) is 5.91 Å². The Hall–Kier alpha value is -3.67. The van der Waals surface area contributed by atoms with Crippen molar-refractivity contribution in [2.75, 3.05) is 7.11 Å². The van der Waals surface area contributed by atoms with E-state index >= 15 is 0 Å². The van der Waals surface area contributed by atoms with Crippen LogP contribution in [0.5, 0.6) is 17.2 Å². The Kier molecular flexibility index (Phi) is 4.10. The molecule has 0 fully saturated rings. The van der Waals surface area contributed by atoms with Crippen molar-refractivity contribution < 1.29 is 49.8 Å². The van der Waals surface area contributed by atoms with Crippen LogP contribution in [0.4, 0.5) is 0 Å². The number of nitrogens with two attached hydrogens (primary N) is 1. The minimum Gasteiger partial charge on any atom is -0.508 e. The number of ketones is 2. The van der Waals surface area contributed by atoms with Crippen molar-refractivity contribution in [3.8, 4) is 17.2 Å². The Morgan fingerprint density at radius 3 is 2.39 bits per heavy atom. The summed E-state index contributed by atoms with van der Waals surface area (Å²) in [7, 11) is 1.32. The lowest BCUT2D eigenvalue weighted by Gasteiger charge is -2.50. The molecular weight excluding hydrogens is 414 g/mol. The first-order chi connectivity index (χ1) is 14.4. The van der Waals surface area contributed by atoms with Gasteiger partial charge in [0.05, 0.1) is 18.1 Å². The molecule has 11 nitrogen and oxygen atoms in total. The van der Waals surface area contributed by atoms with E-state index in [4.69, 9.17) is 10.5 Å². The van der Waals surface area contributed by atoms with Gasteiger partial charge in [0.15, 0.2) is 11.5 Å². The minimum absolute atomic E-state index is 0.105. The maximum Gasteiger partial charge on any atom is 0.255 e. The number of primary amides is 1. The average Bonchev–Trinajstić information content (AvgIpc) is 2.69. The number of phenols is 2. The summed E-state index contributed by atoms with van der Waals surface area (Å²) in [4.78, 5) is 37.2. The SMILES string of the molecule is COc1cc(O)c2c(O)c3c(cc2c1)[C@H](O)[C@@]1(O)CC(=O)C(C(N)=O)=C(O)[C@@]1(O)C3=O. The van der Waals surface area contributed by atoms with Crippen LogP contribution in [-0.4, -0.2) is 66.4 Å². The molecule has 0 saturated heterocycles. The second-order valence-electron chi connectivity index (χ2n) is 7.49. The van der Waals surface area contributed by atoms with Gasteiger partial charge in [-0.3, -0.25) is 14.4 Å². The molecule has 162 valence electrons. The molecule has 0 heterocycles. The van der Waals surface area contributed by atoms with Crippen LogP contribution in [-0.2, 0) is 9.59 Å². The number of aliphatic hydroxyl groups excluding tert-OH is 2. The van der Waals surface area contributed by atoms with Crippen LogP contribution in [0.2, 0.25) is 0 Å². The van der Waals surface area contributed by atoms with E-state index in [0.717, 1.165) is 12.1 Å². The molecule has 0 saturated carbocycles. The van der Waals surface area contributed by atoms with Crippen LogP contribution in [0.15, 0.2) is 29.5 Å². The molecular formula is C20H17NO10. The summed E-state index contributed by atoms with van der Waals surface area (Å²) in [5.41, 5.74) is -3.49. The first-order valence-corrected chi connectivity index (χ1v) is 8.91. The summed E-state index contributed by atoms with van der Waals surface area (Å²) in [5.74, 6) is -6.88.